The van der Waals surface area contributed by atoms with Crippen LogP contribution in [0.3, 0.4) is 0 Å². The predicted octanol–water partition coefficient (Wildman–Crippen LogP) is 3.86. The molecule has 1 aliphatic rings. The van der Waals surface area contributed by atoms with Crippen LogP contribution in [0.15, 0.2) is 30.3 Å². The molecule has 0 amide bonds. The second-order valence-corrected chi connectivity index (χ2v) is 5.82. The average Bonchev–Trinajstić information content (AvgIpc) is 3.06. The van der Waals surface area contributed by atoms with E-state index in [-0.39, 0.29) is 11.5 Å². The van der Waals surface area contributed by atoms with Crippen molar-refractivity contribution in [3.8, 4) is 11.5 Å². The first-order chi connectivity index (χ1) is 11.5. The molecule has 1 aromatic carbocycles. The van der Waals surface area contributed by atoms with Crippen molar-refractivity contribution in [1.29, 1.82) is 0 Å². The van der Waals surface area contributed by atoms with Gasteiger partial charge in [0.15, 0.2) is 17.1 Å². The molecular formula is C16H12ClF2N3O2. The van der Waals surface area contributed by atoms with E-state index < -0.39 is 6.29 Å². The van der Waals surface area contributed by atoms with E-state index in [1.807, 2.05) is 11.3 Å². The molecule has 0 aliphatic carbocycles. The molecule has 0 saturated carbocycles. The van der Waals surface area contributed by atoms with Gasteiger partial charge in [-0.1, -0.05) is 24.6 Å². The number of ether oxygens (including phenoxy) is 2. The van der Waals surface area contributed by atoms with E-state index in [9.17, 15) is 8.78 Å². The lowest BCUT2D eigenvalue weighted by Gasteiger charge is -2.08. The minimum atomic E-state index is -3.62. The summed E-state index contributed by atoms with van der Waals surface area (Å²) in [6, 6.07) is 8.26. The molecule has 0 unspecified atom stereocenters. The predicted molar refractivity (Wildman–Crippen MR) is 82.8 cm³/mol. The maximum Gasteiger partial charge on any atom is 0.586 e. The molecule has 0 bridgehead atoms. The number of fused-ring (bicyclic) bond motifs is 2. The van der Waals surface area contributed by atoms with Gasteiger partial charge in [-0.25, -0.2) is 0 Å². The molecule has 0 fully saturated rings. The Balaban J connectivity index is 1.72. The third kappa shape index (κ3) is 2.45. The fourth-order valence-electron chi connectivity index (χ4n) is 2.81. The van der Waals surface area contributed by atoms with Gasteiger partial charge >= 0.3 is 6.29 Å². The Morgan fingerprint density at radius 3 is 2.71 bits per heavy atom. The zero-order valence-electron chi connectivity index (χ0n) is 12.6. The molecular weight excluding hydrogens is 340 g/mol. The SMILES string of the molecule is CCc1c(Cl)ccc2nnc(Cc3ccc4c(c3)OC(F)(F)O4)n12. The molecule has 0 N–H and O–H groups in total. The summed E-state index contributed by atoms with van der Waals surface area (Å²) < 4.78 is 37.0. The number of aromatic nitrogens is 3. The Hall–Kier alpha value is -2.41. The molecule has 0 radical (unpaired) electrons. The maximum absolute atomic E-state index is 13.1. The van der Waals surface area contributed by atoms with Crippen LogP contribution in [0.4, 0.5) is 8.78 Å². The molecule has 8 heteroatoms. The molecule has 124 valence electrons. The summed E-state index contributed by atoms with van der Waals surface area (Å²) in [5.74, 6) is 0.710. The van der Waals surface area contributed by atoms with E-state index in [4.69, 9.17) is 11.6 Å². The molecule has 2 aromatic heterocycles. The van der Waals surface area contributed by atoms with Gasteiger partial charge in [0, 0.05) is 12.1 Å². The molecule has 0 atom stereocenters. The molecule has 0 spiro atoms. The van der Waals surface area contributed by atoms with Crippen LogP contribution in [0, 0.1) is 0 Å². The van der Waals surface area contributed by atoms with Gasteiger partial charge in [0.1, 0.15) is 5.82 Å². The second kappa shape index (κ2) is 5.31. The van der Waals surface area contributed by atoms with E-state index in [1.54, 1.807) is 18.2 Å². The largest absolute Gasteiger partial charge is 0.586 e. The first-order valence-corrected chi connectivity index (χ1v) is 7.75. The summed E-state index contributed by atoms with van der Waals surface area (Å²) in [4.78, 5) is 0. The van der Waals surface area contributed by atoms with E-state index in [1.165, 1.54) is 12.1 Å². The van der Waals surface area contributed by atoms with Crippen molar-refractivity contribution >= 4 is 17.2 Å². The lowest BCUT2D eigenvalue weighted by atomic mass is 10.1. The average molecular weight is 352 g/mol. The monoisotopic (exact) mass is 351 g/mol. The van der Waals surface area contributed by atoms with E-state index >= 15 is 0 Å². The highest BCUT2D eigenvalue weighted by atomic mass is 35.5. The maximum atomic E-state index is 13.1. The van der Waals surface area contributed by atoms with Crippen LogP contribution in [0.25, 0.3) is 5.65 Å². The third-order valence-electron chi connectivity index (χ3n) is 3.84. The number of benzene rings is 1. The number of hydrogen-bond acceptors (Lipinski definition) is 4. The molecule has 5 nitrogen and oxygen atoms in total. The van der Waals surface area contributed by atoms with Crippen LogP contribution in [0.1, 0.15) is 24.0 Å². The van der Waals surface area contributed by atoms with Gasteiger partial charge in [-0.3, -0.25) is 4.40 Å². The first kappa shape index (κ1) is 15.1. The van der Waals surface area contributed by atoms with E-state index in [2.05, 4.69) is 19.7 Å². The van der Waals surface area contributed by atoms with Gasteiger partial charge in [0.05, 0.1) is 5.02 Å². The molecule has 0 saturated heterocycles. The molecule has 1 aliphatic heterocycles. The Morgan fingerprint density at radius 1 is 1.12 bits per heavy atom. The highest BCUT2D eigenvalue weighted by Crippen LogP contribution is 2.41. The Bertz CT molecular complexity index is 942. The number of hydrogen-bond donors (Lipinski definition) is 0. The minimum absolute atomic E-state index is 0.0140. The van der Waals surface area contributed by atoms with Crippen LogP contribution in [0.5, 0.6) is 11.5 Å². The summed E-state index contributed by atoms with van der Waals surface area (Å²) in [7, 11) is 0. The summed E-state index contributed by atoms with van der Waals surface area (Å²) >= 11 is 6.25. The highest BCUT2D eigenvalue weighted by molar-refractivity contribution is 6.31. The normalized spacial score (nSPS) is 15.2. The molecule has 3 aromatic rings. The second-order valence-electron chi connectivity index (χ2n) is 5.42. The summed E-state index contributed by atoms with van der Waals surface area (Å²) in [6.45, 7) is 1.99. The Morgan fingerprint density at radius 2 is 1.92 bits per heavy atom. The van der Waals surface area contributed by atoms with Crippen molar-refractivity contribution in [2.75, 3.05) is 0 Å². The number of alkyl halides is 2. The van der Waals surface area contributed by atoms with Crippen LogP contribution in [0.2, 0.25) is 5.02 Å². The smallest absolute Gasteiger partial charge is 0.395 e. The number of pyridine rings is 1. The van der Waals surface area contributed by atoms with Crippen molar-refractivity contribution < 1.29 is 18.3 Å². The van der Waals surface area contributed by atoms with Gasteiger partial charge in [-0.05, 0) is 36.2 Å². The zero-order valence-corrected chi connectivity index (χ0v) is 13.3. The summed E-state index contributed by atoms with van der Waals surface area (Å²) in [5.41, 5.74) is 2.35. The van der Waals surface area contributed by atoms with Gasteiger partial charge < -0.3 is 9.47 Å². The van der Waals surface area contributed by atoms with Gasteiger partial charge in [0.25, 0.3) is 0 Å². The Labute approximate surface area is 140 Å². The van der Waals surface area contributed by atoms with E-state index in [0.29, 0.717) is 29.3 Å². The van der Waals surface area contributed by atoms with Crippen LogP contribution < -0.4 is 9.47 Å². The van der Waals surface area contributed by atoms with Gasteiger partial charge in [-0.2, -0.15) is 0 Å². The van der Waals surface area contributed by atoms with Crippen molar-refractivity contribution in [2.24, 2.45) is 0 Å². The van der Waals surface area contributed by atoms with Crippen molar-refractivity contribution in [2.45, 2.75) is 26.1 Å². The standard InChI is InChI=1S/C16H12ClF2N3O2/c1-2-11-10(17)4-6-14-20-21-15(22(11)14)8-9-3-5-12-13(7-9)24-16(18,19)23-12/h3-7H,2,8H2,1H3. The van der Waals surface area contributed by atoms with Crippen LogP contribution in [-0.4, -0.2) is 20.9 Å². The number of nitrogens with zero attached hydrogens (tertiary/aromatic N) is 3. The van der Waals surface area contributed by atoms with Gasteiger partial charge in [0.2, 0.25) is 0 Å². The third-order valence-corrected chi connectivity index (χ3v) is 4.19. The van der Waals surface area contributed by atoms with Crippen molar-refractivity contribution in [1.82, 2.24) is 14.6 Å². The summed E-state index contributed by atoms with van der Waals surface area (Å²) in [6.07, 6.45) is -2.50. The quantitative estimate of drug-likeness (QED) is 0.719. The van der Waals surface area contributed by atoms with E-state index in [0.717, 1.165) is 11.3 Å². The molecule has 4 rings (SSSR count). The van der Waals surface area contributed by atoms with Crippen molar-refractivity contribution in [3.05, 3.63) is 52.4 Å². The van der Waals surface area contributed by atoms with Crippen LogP contribution >= 0.6 is 11.6 Å². The minimum Gasteiger partial charge on any atom is -0.395 e. The molecule has 3 heterocycles. The highest BCUT2D eigenvalue weighted by Gasteiger charge is 2.43. The summed E-state index contributed by atoms with van der Waals surface area (Å²) in [5, 5.41) is 8.97. The number of aryl methyl sites for hydroxylation is 1. The zero-order chi connectivity index (χ0) is 16.9. The fourth-order valence-corrected chi connectivity index (χ4v) is 3.09. The number of rotatable bonds is 3. The number of halogens is 3. The fraction of sp³-hybridized carbons (Fsp3) is 0.250. The van der Waals surface area contributed by atoms with Crippen LogP contribution in [-0.2, 0) is 12.8 Å². The lowest BCUT2D eigenvalue weighted by molar-refractivity contribution is -0.286. The topological polar surface area (TPSA) is 48.7 Å². The first-order valence-electron chi connectivity index (χ1n) is 7.37. The lowest BCUT2D eigenvalue weighted by Crippen LogP contribution is -2.25. The Kier molecular flexibility index (Phi) is 3.35. The van der Waals surface area contributed by atoms with Crippen molar-refractivity contribution in [3.63, 3.8) is 0 Å². The van der Waals surface area contributed by atoms with Gasteiger partial charge in [-0.15, -0.1) is 19.0 Å². The molecule has 24 heavy (non-hydrogen) atoms.